The van der Waals surface area contributed by atoms with Gasteiger partial charge in [-0.15, -0.1) is 10.2 Å². The van der Waals surface area contributed by atoms with E-state index in [4.69, 9.17) is 9.47 Å². The highest BCUT2D eigenvalue weighted by atomic mass is 16.6. The number of fused-ring (bicyclic) bond motifs is 1. The van der Waals surface area contributed by atoms with Crippen LogP contribution in [0.2, 0.25) is 0 Å². The number of azo groups is 1. The van der Waals surface area contributed by atoms with Gasteiger partial charge in [0.15, 0.2) is 23.8 Å². The summed E-state index contributed by atoms with van der Waals surface area (Å²) in [6.07, 6.45) is 0. The Bertz CT molecular complexity index is 1040. The zero-order valence-electron chi connectivity index (χ0n) is 14.1. The Kier molecular flexibility index (Phi) is 4.97. The summed E-state index contributed by atoms with van der Waals surface area (Å²) in [6, 6.07) is 10.7. The molecule has 0 unspecified atom stereocenters. The zero-order valence-corrected chi connectivity index (χ0v) is 14.1. The molecule has 2 aromatic carbocycles. The van der Waals surface area contributed by atoms with Crippen molar-refractivity contribution in [3.63, 3.8) is 0 Å². The molecule has 0 aliphatic carbocycles. The summed E-state index contributed by atoms with van der Waals surface area (Å²) < 4.78 is 10.4. The average Bonchev–Trinajstić information content (AvgIpc) is 2.99. The number of non-ortho nitro benzene ring substituents is 1. The second-order valence-corrected chi connectivity index (χ2v) is 5.34. The number of amides is 1. The van der Waals surface area contributed by atoms with Gasteiger partial charge in [0.1, 0.15) is 0 Å². The number of hydrogen-bond donors (Lipinski definition) is 2. The minimum atomic E-state index is -0.708. The van der Waals surface area contributed by atoms with Crippen LogP contribution in [0.3, 0.4) is 0 Å². The summed E-state index contributed by atoms with van der Waals surface area (Å²) >= 11 is 0. The number of nitrogens with one attached hydrogen (secondary N) is 1. The highest BCUT2D eigenvalue weighted by Crippen LogP contribution is 2.37. The van der Waals surface area contributed by atoms with E-state index < -0.39 is 17.4 Å². The molecule has 27 heavy (non-hydrogen) atoms. The number of rotatable bonds is 6. The molecule has 138 valence electrons. The smallest absolute Gasteiger partial charge is 0.302 e. The second kappa shape index (κ2) is 7.52. The third kappa shape index (κ3) is 3.84. The van der Waals surface area contributed by atoms with E-state index in [2.05, 4.69) is 15.2 Å². The number of carbonyl (C=O) groups excluding carboxylic acids is 1. The molecule has 1 heterocycles. The van der Waals surface area contributed by atoms with Crippen LogP contribution >= 0.6 is 0 Å². The first-order chi connectivity index (χ1) is 13.0. The van der Waals surface area contributed by atoms with Crippen molar-refractivity contribution in [3.8, 4) is 17.4 Å². The molecule has 3 rings (SSSR count). The first-order valence-corrected chi connectivity index (χ1v) is 7.69. The quantitative estimate of drug-likeness (QED) is 0.387. The van der Waals surface area contributed by atoms with Crippen LogP contribution in [-0.4, -0.2) is 34.6 Å². The maximum absolute atomic E-state index is 11.9. The van der Waals surface area contributed by atoms with Gasteiger partial charge in [-0.25, -0.2) is 0 Å². The number of hydrogen-bond acceptors (Lipinski definition) is 7. The highest BCUT2D eigenvalue weighted by molar-refractivity contribution is 5.95. The van der Waals surface area contributed by atoms with E-state index in [-0.39, 0.29) is 22.6 Å². The fraction of sp³-hybridized carbons (Fsp3) is 0.118. The van der Waals surface area contributed by atoms with Crippen molar-refractivity contribution in [2.45, 2.75) is 0 Å². The van der Waals surface area contributed by atoms with Crippen LogP contribution in [0.15, 0.2) is 52.7 Å². The summed E-state index contributed by atoms with van der Waals surface area (Å²) in [4.78, 5) is 24.8. The molecule has 0 aliphatic heterocycles. The molecule has 0 atom stereocenters. The lowest BCUT2D eigenvalue weighted by atomic mass is 10.2. The number of ether oxygens (including phenoxy) is 2. The number of aromatic nitrogens is 1. The minimum Gasteiger partial charge on any atom is -0.493 e. The van der Waals surface area contributed by atoms with Crippen molar-refractivity contribution in [1.82, 2.24) is 4.98 Å². The summed E-state index contributed by atoms with van der Waals surface area (Å²) in [6.45, 7) is -0.396. The van der Waals surface area contributed by atoms with Crippen LogP contribution in [0.25, 0.3) is 10.9 Å². The normalized spacial score (nSPS) is 11.0. The van der Waals surface area contributed by atoms with E-state index in [1.54, 1.807) is 24.3 Å². The Balaban J connectivity index is 1.77. The SMILES string of the molecule is COc1ccccc1OCC(=O)N=Nc1c(O)[nH]c2ccc([N+](=O)[O-])cc12. The number of nitrogens with zero attached hydrogens (tertiary/aromatic N) is 3. The van der Waals surface area contributed by atoms with Crippen LogP contribution in [0.1, 0.15) is 0 Å². The lowest BCUT2D eigenvalue weighted by Crippen LogP contribution is -2.08. The monoisotopic (exact) mass is 370 g/mol. The molecule has 0 bridgehead atoms. The van der Waals surface area contributed by atoms with Gasteiger partial charge in [-0.3, -0.25) is 14.9 Å². The van der Waals surface area contributed by atoms with E-state index in [1.165, 1.54) is 25.3 Å². The van der Waals surface area contributed by atoms with Crippen molar-refractivity contribution >= 4 is 28.2 Å². The van der Waals surface area contributed by atoms with Crippen LogP contribution in [0.5, 0.6) is 17.4 Å². The van der Waals surface area contributed by atoms with Crippen LogP contribution in [-0.2, 0) is 4.79 Å². The van der Waals surface area contributed by atoms with E-state index >= 15 is 0 Å². The van der Waals surface area contributed by atoms with Gasteiger partial charge >= 0.3 is 5.91 Å². The summed E-state index contributed by atoms with van der Waals surface area (Å²) in [5, 5.41) is 28.3. The molecule has 1 amide bonds. The number of aromatic amines is 1. The van der Waals surface area contributed by atoms with Gasteiger partial charge < -0.3 is 19.6 Å². The number of nitro benzene ring substituents is 1. The second-order valence-electron chi connectivity index (χ2n) is 5.34. The van der Waals surface area contributed by atoms with E-state index in [0.29, 0.717) is 17.0 Å². The van der Waals surface area contributed by atoms with Crippen molar-refractivity contribution in [2.75, 3.05) is 13.7 Å². The number of methoxy groups -OCH3 is 1. The number of aromatic hydroxyl groups is 1. The molecule has 0 aliphatic rings. The number of para-hydroxylation sites is 2. The lowest BCUT2D eigenvalue weighted by Gasteiger charge is -2.07. The predicted molar refractivity (Wildman–Crippen MR) is 94.6 cm³/mol. The first-order valence-electron chi connectivity index (χ1n) is 7.69. The van der Waals surface area contributed by atoms with E-state index in [1.807, 2.05) is 0 Å². The molecule has 0 saturated heterocycles. The van der Waals surface area contributed by atoms with E-state index in [9.17, 15) is 20.0 Å². The highest BCUT2D eigenvalue weighted by Gasteiger charge is 2.15. The van der Waals surface area contributed by atoms with Crippen molar-refractivity contribution in [1.29, 1.82) is 0 Å². The first kappa shape index (κ1) is 17.9. The molecular weight excluding hydrogens is 356 g/mol. The molecular formula is C17H14N4O6. The third-order valence-electron chi connectivity index (χ3n) is 3.63. The minimum absolute atomic E-state index is 0.0701. The summed E-state index contributed by atoms with van der Waals surface area (Å²) in [5.41, 5.74) is 0.174. The molecule has 10 nitrogen and oxygen atoms in total. The average molecular weight is 370 g/mol. The Morgan fingerprint density at radius 2 is 2.00 bits per heavy atom. The largest absolute Gasteiger partial charge is 0.493 e. The Hall–Kier alpha value is -3.95. The zero-order chi connectivity index (χ0) is 19.4. The summed E-state index contributed by atoms with van der Waals surface area (Å²) in [7, 11) is 1.47. The van der Waals surface area contributed by atoms with Crippen LogP contribution < -0.4 is 9.47 Å². The topological polar surface area (TPSA) is 139 Å². The standard InChI is InChI=1S/C17H14N4O6/c1-26-13-4-2-3-5-14(13)27-9-15(22)19-20-16-11-8-10(21(24)25)6-7-12(11)18-17(16)23/h2-8,18,23H,9H2,1H3. The maximum atomic E-state index is 11.9. The van der Waals surface area contributed by atoms with E-state index in [0.717, 1.165) is 0 Å². The number of nitro groups is 1. The third-order valence-corrected chi connectivity index (χ3v) is 3.63. The predicted octanol–water partition coefficient (Wildman–Crippen LogP) is 3.48. The molecule has 0 fully saturated rings. The fourth-order valence-electron chi connectivity index (χ4n) is 2.38. The molecule has 0 radical (unpaired) electrons. The summed E-state index contributed by atoms with van der Waals surface area (Å²) in [5.74, 6) is -0.231. The number of H-pyrrole nitrogens is 1. The fourth-order valence-corrected chi connectivity index (χ4v) is 2.38. The Labute approximate surface area is 152 Å². The van der Waals surface area contributed by atoms with Crippen molar-refractivity contribution in [3.05, 3.63) is 52.6 Å². The van der Waals surface area contributed by atoms with Gasteiger partial charge in [-0.05, 0) is 18.2 Å². The van der Waals surface area contributed by atoms with Crippen LogP contribution in [0.4, 0.5) is 11.4 Å². The molecule has 1 aromatic heterocycles. The van der Waals surface area contributed by atoms with Gasteiger partial charge in [-0.1, -0.05) is 12.1 Å². The Morgan fingerprint density at radius 1 is 1.26 bits per heavy atom. The lowest BCUT2D eigenvalue weighted by molar-refractivity contribution is -0.384. The Morgan fingerprint density at radius 3 is 2.70 bits per heavy atom. The number of carbonyl (C=O) groups is 1. The van der Waals surface area contributed by atoms with Crippen molar-refractivity contribution in [2.24, 2.45) is 10.2 Å². The van der Waals surface area contributed by atoms with Crippen LogP contribution in [0, 0.1) is 10.1 Å². The van der Waals surface area contributed by atoms with Gasteiger partial charge in [-0.2, -0.15) is 0 Å². The molecule has 2 N–H and O–H groups in total. The van der Waals surface area contributed by atoms with Gasteiger partial charge in [0.2, 0.25) is 5.88 Å². The molecule has 3 aromatic rings. The number of benzene rings is 2. The molecule has 0 spiro atoms. The van der Waals surface area contributed by atoms with Gasteiger partial charge in [0, 0.05) is 17.5 Å². The van der Waals surface area contributed by atoms with Gasteiger partial charge in [0.25, 0.3) is 5.69 Å². The molecule has 10 heteroatoms. The van der Waals surface area contributed by atoms with Crippen molar-refractivity contribution < 1.29 is 24.3 Å². The van der Waals surface area contributed by atoms with Gasteiger partial charge in [0.05, 0.1) is 17.5 Å². The molecule has 0 saturated carbocycles. The maximum Gasteiger partial charge on any atom is 0.302 e.